The van der Waals surface area contributed by atoms with Crippen LogP contribution in [-0.2, 0) is 6.54 Å². The lowest BCUT2D eigenvalue weighted by Gasteiger charge is -2.09. The van der Waals surface area contributed by atoms with E-state index in [2.05, 4.69) is 41.6 Å². The van der Waals surface area contributed by atoms with Crippen LogP contribution in [0.3, 0.4) is 0 Å². The fourth-order valence-electron chi connectivity index (χ4n) is 3.41. The van der Waals surface area contributed by atoms with Gasteiger partial charge >= 0.3 is 0 Å². The molecule has 1 amide bonds. The SMILES string of the molecule is Cc1ccc(Cn2nc(C)c(NC(=O)c3cccc(Oc4ccccc4)c3)c2C)cc1. The lowest BCUT2D eigenvalue weighted by Crippen LogP contribution is -2.13. The highest BCUT2D eigenvalue weighted by atomic mass is 16.5. The Morgan fingerprint density at radius 1 is 0.903 bits per heavy atom. The Kier molecular flexibility index (Phi) is 5.85. The normalized spacial score (nSPS) is 10.7. The molecule has 1 aromatic heterocycles. The number of para-hydroxylation sites is 1. The predicted molar refractivity (Wildman–Crippen MR) is 123 cm³/mol. The summed E-state index contributed by atoms with van der Waals surface area (Å²) in [7, 11) is 0. The average Bonchev–Trinajstić information content (AvgIpc) is 3.03. The Morgan fingerprint density at radius 3 is 2.35 bits per heavy atom. The third kappa shape index (κ3) is 4.83. The molecule has 0 aliphatic heterocycles. The molecule has 0 aliphatic rings. The van der Waals surface area contributed by atoms with Gasteiger partial charge in [0.2, 0.25) is 0 Å². The van der Waals surface area contributed by atoms with Gasteiger partial charge in [-0.15, -0.1) is 0 Å². The molecule has 0 saturated carbocycles. The molecule has 5 nitrogen and oxygen atoms in total. The summed E-state index contributed by atoms with van der Waals surface area (Å²) >= 11 is 0. The van der Waals surface area contributed by atoms with E-state index in [0.29, 0.717) is 17.9 Å². The smallest absolute Gasteiger partial charge is 0.255 e. The van der Waals surface area contributed by atoms with Crippen LogP contribution in [0.2, 0.25) is 0 Å². The van der Waals surface area contributed by atoms with Crippen molar-refractivity contribution in [2.75, 3.05) is 5.32 Å². The average molecular weight is 412 g/mol. The predicted octanol–water partition coefficient (Wildman–Crippen LogP) is 5.90. The first kappa shape index (κ1) is 20.4. The summed E-state index contributed by atoms with van der Waals surface area (Å²) in [6.07, 6.45) is 0. The molecule has 4 rings (SSSR count). The molecule has 0 fully saturated rings. The topological polar surface area (TPSA) is 56.2 Å². The molecule has 3 aromatic carbocycles. The highest BCUT2D eigenvalue weighted by Crippen LogP contribution is 2.24. The lowest BCUT2D eigenvalue weighted by atomic mass is 10.1. The van der Waals surface area contributed by atoms with Crippen LogP contribution in [0.1, 0.15) is 32.9 Å². The largest absolute Gasteiger partial charge is 0.457 e. The summed E-state index contributed by atoms with van der Waals surface area (Å²) in [6.45, 7) is 6.60. The second-order valence-corrected chi connectivity index (χ2v) is 7.59. The first-order chi connectivity index (χ1) is 15.0. The number of carbonyl (C=O) groups is 1. The van der Waals surface area contributed by atoms with Crippen LogP contribution >= 0.6 is 0 Å². The minimum absolute atomic E-state index is 0.195. The number of carbonyl (C=O) groups excluding carboxylic acids is 1. The van der Waals surface area contributed by atoms with Crippen LogP contribution in [0.15, 0.2) is 78.9 Å². The molecule has 0 bridgehead atoms. The van der Waals surface area contributed by atoms with Crippen molar-refractivity contribution in [3.63, 3.8) is 0 Å². The summed E-state index contributed by atoms with van der Waals surface area (Å²) in [5.74, 6) is 1.14. The number of hydrogen-bond acceptors (Lipinski definition) is 3. The van der Waals surface area contributed by atoms with Crippen LogP contribution in [0, 0.1) is 20.8 Å². The monoisotopic (exact) mass is 411 g/mol. The van der Waals surface area contributed by atoms with Crippen molar-refractivity contribution in [2.24, 2.45) is 0 Å². The molecule has 5 heteroatoms. The molecule has 0 spiro atoms. The zero-order chi connectivity index (χ0) is 21.8. The number of aryl methyl sites for hydroxylation is 2. The first-order valence-electron chi connectivity index (χ1n) is 10.2. The van der Waals surface area contributed by atoms with Gasteiger partial charge in [-0.2, -0.15) is 5.10 Å². The molecule has 0 unspecified atom stereocenters. The van der Waals surface area contributed by atoms with Gasteiger partial charge in [-0.3, -0.25) is 9.48 Å². The van der Waals surface area contributed by atoms with Crippen molar-refractivity contribution < 1.29 is 9.53 Å². The second-order valence-electron chi connectivity index (χ2n) is 7.59. The minimum Gasteiger partial charge on any atom is -0.457 e. The maximum absolute atomic E-state index is 12.9. The summed E-state index contributed by atoms with van der Waals surface area (Å²) in [6, 6.07) is 25.0. The van der Waals surface area contributed by atoms with Crippen LogP contribution in [0.5, 0.6) is 11.5 Å². The summed E-state index contributed by atoms with van der Waals surface area (Å²) in [4.78, 5) is 12.9. The third-order valence-electron chi connectivity index (χ3n) is 5.15. The fourth-order valence-corrected chi connectivity index (χ4v) is 3.41. The van der Waals surface area contributed by atoms with E-state index in [1.807, 2.05) is 61.0 Å². The van der Waals surface area contributed by atoms with E-state index in [9.17, 15) is 4.79 Å². The molecule has 156 valence electrons. The molecule has 0 saturated heterocycles. The summed E-state index contributed by atoms with van der Waals surface area (Å²) in [5, 5.41) is 7.65. The third-order valence-corrected chi connectivity index (χ3v) is 5.15. The molecule has 0 atom stereocenters. The summed E-state index contributed by atoms with van der Waals surface area (Å²) < 4.78 is 7.77. The van der Waals surface area contributed by atoms with Crippen LogP contribution in [0.4, 0.5) is 5.69 Å². The number of amides is 1. The van der Waals surface area contributed by atoms with E-state index < -0.39 is 0 Å². The Labute approximate surface area is 182 Å². The van der Waals surface area contributed by atoms with Crippen molar-refractivity contribution in [3.8, 4) is 11.5 Å². The Hall–Kier alpha value is -3.86. The highest BCUT2D eigenvalue weighted by Gasteiger charge is 2.16. The van der Waals surface area contributed by atoms with Crippen molar-refractivity contribution in [2.45, 2.75) is 27.3 Å². The van der Waals surface area contributed by atoms with Gasteiger partial charge in [-0.05, 0) is 56.7 Å². The van der Waals surface area contributed by atoms with E-state index in [0.717, 1.165) is 22.8 Å². The number of hydrogen-bond donors (Lipinski definition) is 1. The van der Waals surface area contributed by atoms with E-state index in [-0.39, 0.29) is 5.91 Å². The zero-order valence-corrected chi connectivity index (χ0v) is 17.9. The quantitative estimate of drug-likeness (QED) is 0.430. The Morgan fingerprint density at radius 2 is 1.61 bits per heavy atom. The molecular weight excluding hydrogens is 386 g/mol. The molecule has 1 N–H and O–H groups in total. The van der Waals surface area contributed by atoms with Gasteiger partial charge in [0.1, 0.15) is 11.5 Å². The number of nitrogens with zero attached hydrogens (tertiary/aromatic N) is 2. The van der Waals surface area contributed by atoms with Gasteiger partial charge in [0.05, 0.1) is 23.6 Å². The van der Waals surface area contributed by atoms with Crippen molar-refractivity contribution in [1.82, 2.24) is 9.78 Å². The molecular formula is C26H25N3O2. The fraction of sp³-hybridized carbons (Fsp3) is 0.154. The Balaban J connectivity index is 1.50. The number of ether oxygens (including phenoxy) is 1. The second kappa shape index (κ2) is 8.88. The van der Waals surface area contributed by atoms with Crippen molar-refractivity contribution >= 4 is 11.6 Å². The van der Waals surface area contributed by atoms with Crippen LogP contribution in [-0.4, -0.2) is 15.7 Å². The number of aromatic nitrogens is 2. The van der Waals surface area contributed by atoms with Crippen LogP contribution in [0.25, 0.3) is 0 Å². The van der Waals surface area contributed by atoms with Crippen molar-refractivity contribution in [3.05, 3.63) is 107 Å². The van der Waals surface area contributed by atoms with E-state index in [1.165, 1.54) is 11.1 Å². The van der Waals surface area contributed by atoms with Gasteiger partial charge in [-0.1, -0.05) is 54.1 Å². The molecule has 4 aromatic rings. The minimum atomic E-state index is -0.195. The molecule has 0 radical (unpaired) electrons. The van der Waals surface area contributed by atoms with Crippen LogP contribution < -0.4 is 10.1 Å². The highest BCUT2D eigenvalue weighted by molar-refractivity contribution is 6.05. The number of benzene rings is 3. The van der Waals surface area contributed by atoms with E-state index in [1.54, 1.807) is 12.1 Å². The molecule has 0 aliphatic carbocycles. The molecule has 1 heterocycles. The van der Waals surface area contributed by atoms with Gasteiger partial charge in [0.15, 0.2) is 0 Å². The van der Waals surface area contributed by atoms with Gasteiger partial charge in [0, 0.05) is 5.56 Å². The van der Waals surface area contributed by atoms with Gasteiger partial charge in [-0.25, -0.2) is 0 Å². The lowest BCUT2D eigenvalue weighted by molar-refractivity contribution is 0.102. The van der Waals surface area contributed by atoms with Crippen molar-refractivity contribution in [1.29, 1.82) is 0 Å². The molecule has 31 heavy (non-hydrogen) atoms. The van der Waals surface area contributed by atoms with Gasteiger partial charge < -0.3 is 10.1 Å². The van der Waals surface area contributed by atoms with E-state index >= 15 is 0 Å². The maximum atomic E-state index is 12.9. The first-order valence-corrected chi connectivity index (χ1v) is 10.2. The summed E-state index contributed by atoms with van der Waals surface area (Å²) in [5.41, 5.74) is 5.37. The number of rotatable bonds is 6. The number of nitrogens with one attached hydrogen (secondary N) is 1. The zero-order valence-electron chi connectivity index (χ0n) is 17.9. The van der Waals surface area contributed by atoms with Gasteiger partial charge in [0.25, 0.3) is 5.91 Å². The maximum Gasteiger partial charge on any atom is 0.255 e. The Bertz CT molecular complexity index is 1200. The van der Waals surface area contributed by atoms with E-state index in [4.69, 9.17) is 4.74 Å². The standard InChI is InChI=1S/C26H25N3O2/c1-18-12-14-21(15-13-18)17-29-20(3)25(19(2)28-29)27-26(30)22-8-7-11-24(16-22)31-23-9-5-4-6-10-23/h4-16H,17H2,1-3H3,(H,27,30). The number of anilines is 1.